The Labute approximate surface area is 123 Å². The smallest absolute Gasteiger partial charge is 0.189 e. The van der Waals surface area contributed by atoms with Gasteiger partial charge in [-0.2, -0.15) is 0 Å². The van der Waals surface area contributed by atoms with Gasteiger partial charge in [-0.3, -0.25) is 26.8 Å². The van der Waals surface area contributed by atoms with Gasteiger partial charge in [0.05, 0.1) is 0 Å². The van der Waals surface area contributed by atoms with Crippen LogP contribution in [0.1, 0.15) is 21.5 Å². The van der Waals surface area contributed by atoms with Crippen LogP contribution < -0.4 is 17.2 Å². The molecule has 19 heavy (non-hydrogen) atoms. The number of allylic oxidation sites excluding steroid dienone is 2. The Kier molecular flexibility index (Phi) is 4.80. The fourth-order valence-corrected chi connectivity index (χ4v) is 2.26. The van der Waals surface area contributed by atoms with Crippen LogP contribution in [0.15, 0.2) is 24.0 Å². The van der Waals surface area contributed by atoms with E-state index in [1.807, 2.05) is 22.6 Å². The van der Waals surface area contributed by atoms with Crippen LogP contribution in [0.3, 0.4) is 0 Å². The summed E-state index contributed by atoms with van der Waals surface area (Å²) < 4.78 is 0.755. The van der Waals surface area contributed by atoms with Crippen LogP contribution in [0.25, 0.3) is 0 Å². The van der Waals surface area contributed by atoms with Crippen molar-refractivity contribution in [2.75, 3.05) is 0 Å². The van der Waals surface area contributed by atoms with Crippen LogP contribution in [0.4, 0.5) is 0 Å². The number of hydrogen-bond donors (Lipinski definition) is 4. The van der Waals surface area contributed by atoms with Crippen molar-refractivity contribution in [1.82, 2.24) is 0 Å². The first-order valence-corrected chi connectivity index (χ1v) is 6.32. The van der Waals surface area contributed by atoms with E-state index in [0.717, 1.165) is 15.2 Å². The fraction of sp³-hybridized carbons (Fsp3) is 0.167. The molecule has 0 aliphatic carbocycles. The monoisotopic (exact) mass is 375 g/mol. The maximum atomic E-state index is 11.8. The number of aryl methyl sites for hydroxylation is 1. The van der Waals surface area contributed by atoms with Gasteiger partial charge in [0, 0.05) is 20.8 Å². The van der Waals surface area contributed by atoms with Gasteiger partial charge in [-0.25, -0.2) is 0 Å². The quantitative estimate of drug-likeness (QED) is 0.151. The molecule has 0 saturated heterocycles. The normalized spacial score (nSPS) is 12.4. The highest BCUT2D eigenvalue weighted by Crippen LogP contribution is 2.23. The van der Waals surface area contributed by atoms with Gasteiger partial charge in [0.25, 0.3) is 0 Å². The summed E-state index contributed by atoms with van der Waals surface area (Å²) in [6.45, 7) is 1.77. The Morgan fingerprint density at radius 2 is 1.95 bits per heavy atom. The zero-order chi connectivity index (χ0) is 14.8. The molecule has 0 aliphatic rings. The lowest BCUT2D eigenvalue weighted by Gasteiger charge is -2.22. The van der Waals surface area contributed by atoms with Gasteiger partial charge in [-0.05, 0) is 47.2 Å². The molecule has 0 aliphatic heterocycles. The zero-order valence-corrected chi connectivity index (χ0v) is 12.3. The number of aliphatic hydroxyl groups excluding tert-OH is 1. The molecule has 102 valence electrons. The Hall–Kier alpha value is -1.29. The zero-order valence-electron chi connectivity index (χ0n) is 10.2. The topological polar surface area (TPSA) is 132 Å². The van der Waals surface area contributed by atoms with E-state index in [1.54, 1.807) is 13.0 Å². The van der Waals surface area contributed by atoms with Crippen molar-refractivity contribution in [3.8, 4) is 0 Å². The highest BCUT2D eigenvalue weighted by atomic mass is 127. The molecule has 7 heteroatoms. The number of aliphatic hydroxyl groups is 1. The number of ketones is 1. The van der Waals surface area contributed by atoms with E-state index in [9.17, 15) is 9.59 Å². The third kappa shape index (κ3) is 3.83. The number of carbonyl (C=O) groups excluding carboxylic acids is 2. The van der Waals surface area contributed by atoms with Crippen molar-refractivity contribution in [3.63, 3.8) is 0 Å². The number of rotatable bonds is 4. The molecule has 0 heterocycles. The molecular weight excluding hydrogens is 361 g/mol. The van der Waals surface area contributed by atoms with Crippen LogP contribution in [0.5, 0.6) is 0 Å². The maximum Gasteiger partial charge on any atom is 0.189 e. The summed E-state index contributed by atoms with van der Waals surface area (Å²) in [5.41, 5.74) is 18.3. The number of halogens is 1. The van der Waals surface area contributed by atoms with Crippen LogP contribution >= 0.6 is 22.6 Å². The van der Waals surface area contributed by atoms with E-state index < -0.39 is 17.3 Å². The van der Waals surface area contributed by atoms with Gasteiger partial charge in [-0.1, -0.05) is 0 Å². The molecule has 1 aromatic carbocycles. The second-order valence-electron chi connectivity index (χ2n) is 4.14. The molecular formula is C12H14IN3O3. The molecule has 0 bridgehead atoms. The van der Waals surface area contributed by atoms with Gasteiger partial charge in [-0.15, -0.1) is 0 Å². The van der Waals surface area contributed by atoms with Crippen LogP contribution in [0, 0.1) is 10.5 Å². The number of nitrogens with two attached hydrogens (primary N) is 3. The average molecular weight is 375 g/mol. The summed E-state index contributed by atoms with van der Waals surface area (Å²) >= 11 is 2.03. The van der Waals surface area contributed by atoms with E-state index in [0.29, 0.717) is 5.56 Å². The summed E-state index contributed by atoms with van der Waals surface area (Å²) in [5.74, 6) is -2.76. The molecule has 6 nitrogen and oxygen atoms in total. The predicted octanol–water partition coefficient (Wildman–Crippen LogP) is 0.410. The predicted molar refractivity (Wildman–Crippen MR) is 79.2 cm³/mol. The average Bonchev–Trinajstić information content (AvgIpc) is 2.30. The van der Waals surface area contributed by atoms with Gasteiger partial charge in [0.1, 0.15) is 5.79 Å². The Morgan fingerprint density at radius 3 is 2.42 bits per heavy atom. The minimum Gasteiger partial charge on any atom is -0.504 e. The van der Waals surface area contributed by atoms with Crippen LogP contribution in [0.2, 0.25) is 0 Å². The minimum absolute atomic E-state index is 0.178. The van der Waals surface area contributed by atoms with Crippen molar-refractivity contribution in [3.05, 3.63) is 44.2 Å². The SMILES string of the molecule is Cc1cc(C(=O)/C=C(\O)C=O)cc(C(N)(N)N)c1I. The van der Waals surface area contributed by atoms with Gasteiger partial charge >= 0.3 is 0 Å². The van der Waals surface area contributed by atoms with Crippen LogP contribution in [-0.4, -0.2) is 17.2 Å². The Balaban J connectivity index is 3.36. The number of hydrogen-bond acceptors (Lipinski definition) is 6. The van der Waals surface area contributed by atoms with Crippen molar-refractivity contribution < 1.29 is 14.7 Å². The highest BCUT2D eigenvalue weighted by molar-refractivity contribution is 14.1. The van der Waals surface area contributed by atoms with E-state index in [1.165, 1.54) is 6.07 Å². The number of aldehydes is 1. The number of benzene rings is 1. The van der Waals surface area contributed by atoms with Gasteiger partial charge in [0.2, 0.25) is 0 Å². The molecule has 0 spiro atoms. The molecule has 0 unspecified atom stereocenters. The second-order valence-corrected chi connectivity index (χ2v) is 5.22. The van der Waals surface area contributed by atoms with E-state index in [4.69, 9.17) is 22.3 Å². The third-order valence-corrected chi connectivity index (χ3v) is 3.84. The van der Waals surface area contributed by atoms with Crippen LogP contribution in [-0.2, 0) is 10.6 Å². The Bertz CT molecular complexity index is 562. The van der Waals surface area contributed by atoms with E-state index in [2.05, 4.69) is 0 Å². The van der Waals surface area contributed by atoms with Crippen molar-refractivity contribution >= 4 is 34.7 Å². The summed E-state index contributed by atoms with van der Waals surface area (Å²) in [6, 6.07) is 3.06. The van der Waals surface area contributed by atoms with E-state index >= 15 is 0 Å². The molecule has 0 amide bonds. The lowest BCUT2D eigenvalue weighted by molar-refractivity contribution is -0.107. The first kappa shape index (κ1) is 15.8. The largest absolute Gasteiger partial charge is 0.504 e. The third-order valence-electron chi connectivity index (χ3n) is 2.41. The maximum absolute atomic E-state index is 11.8. The van der Waals surface area contributed by atoms with Crippen molar-refractivity contribution in [2.45, 2.75) is 12.7 Å². The molecule has 1 rings (SSSR count). The summed E-state index contributed by atoms with van der Waals surface area (Å²) in [7, 11) is 0. The van der Waals surface area contributed by atoms with Gasteiger partial charge in [0.15, 0.2) is 17.8 Å². The number of carbonyl (C=O) groups is 2. The lowest BCUT2D eigenvalue weighted by atomic mass is 9.99. The standard InChI is InChI=1S/C12H14IN3O3/c1-6-2-7(10(19)4-8(18)5-17)3-9(11(6)13)12(14,15)16/h2-5,18H,14-16H2,1H3/b8-4-. The molecule has 0 radical (unpaired) electrons. The molecule has 0 saturated carbocycles. The van der Waals surface area contributed by atoms with E-state index in [-0.39, 0.29) is 11.8 Å². The Morgan fingerprint density at radius 1 is 1.37 bits per heavy atom. The molecule has 0 aromatic heterocycles. The van der Waals surface area contributed by atoms with Crippen molar-refractivity contribution in [1.29, 1.82) is 0 Å². The second kappa shape index (κ2) is 5.78. The summed E-state index contributed by atoms with van der Waals surface area (Å²) in [5, 5.41) is 9.04. The highest BCUT2D eigenvalue weighted by Gasteiger charge is 2.22. The molecule has 1 aromatic rings. The molecule has 7 N–H and O–H groups in total. The molecule has 0 atom stereocenters. The minimum atomic E-state index is -1.58. The summed E-state index contributed by atoms with van der Waals surface area (Å²) in [6.07, 6.45) is 1.00. The fourth-order valence-electron chi connectivity index (χ4n) is 1.48. The molecule has 0 fully saturated rings. The summed E-state index contributed by atoms with van der Waals surface area (Å²) in [4.78, 5) is 22.1. The van der Waals surface area contributed by atoms with Gasteiger partial charge < -0.3 is 5.11 Å². The first-order chi connectivity index (χ1) is 8.66. The first-order valence-electron chi connectivity index (χ1n) is 5.24. The lowest BCUT2D eigenvalue weighted by Crippen LogP contribution is -2.55. The van der Waals surface area contributed by atoms with Crippen molar-refractivity contribution in [2.24, 2.45) is 17.2 Å².